The summed E-state index contributed by atoms with van der Waals surface area (Å²) in [7, 11) is 1.58. The maximum absolute atomic E-state index is 16.4. The zero-order chi connectivity index (χ0) is 30.5. The van der Waals surface area contributed by atoms with Gasteiger partial charge in [0.15, 0.2) is 0 Å². The number of fused-ring (bicyclic) bond motifs is 2. The van der Waals surface area contributed by atoms with Gasteiger partial charge in [0.25, 0.3) is 0 Å². The number of rotatable bonds is 4. The minimum Gasteiger partial charge on any atom is -0.490 e. The Morgan fingerprint density at radius 3 is 2.56 bits per heavy atom. The molecule has 3 N–H and O–H groups in total. The van der Waals surface area contributed by atoms with Gasteiger partial charge in [-0.25, -0.2) is 9.18 Å². The second-order valence-electron chi connectivity index (χ2n) is 11.0. The lowest BCUT2D eigenvalue weighted by Gasteiger charge is -2.47. The average Bonchev–Trinajstić information content (AvgIpc) is 3.27. The van der Waals surface area contributed by atoms with Crippen LogP contribution in [0.4, 0.5) is 14.9 Å². The number of carbonyl (C=O) groups excluding carboxylic acids is 3. The van der Waals surface area contributed by atoms with E-state index in [0.29, 0.717) is 52.8 Å². The summed E-state index contributed by atoms with van der Waals surface area (Å²) in [5.74, 6) is -1.88. The smallest absolute Gasteiger partial charge is 0.317 e. The molecule has 43 heavy (non-hydrogen) atoms. The molecule has 0 unspecified atom stereocenters. The minimum absolute atomic E-state index is 0.0317. The fourth-order valence-corrected chi connectivity index (χ4v) is 7.40. The van der Waals surface area contributed by atoms with E-state index in [2.05, 4.69) is 31.9 Å². The molecule has 2 fully saturated rings. The van der Waals surface area contributed by atoms with Gasteiger partial charge in [-0.1, -0.05) is 41.4 Å². The van der Waals surface area contributed by atoms with Crippen LogP contribution in [0.1, 0.15) is 47.9 Å². The van der Waals surface area contributed by atoms with Crippen molar-refractivity contribution in [2.45, 2.75) is 42.7 Å². The number of likely N-dealkylation sites (tertiary alicyclic amines) is 1. The Labute approximate surface area is 266 Å². The summed E-state index contributed by atoms with van der Waals surface area (Å²) in [6.45, 7) is 0.937. The number of piperidine rings is 2. The second kappa shape index (κ2) is 11.6. The number of anilines is 1. The van der Waals surface area contributed by atoms with E-state index in [1.807, 2.05) is 6.07 Å². The van der Waals surface area contributed by atoms with Crippen LogP contribution < -0.4 is 20.7 Å². The first-order chi connectivity index (χ1) is 20.6. The van der Waals surface area contributed by atoms with Gasteiger partial charge in [0.2, 0.25) is 11.8 Å². The Morgan fingerprint density at radius 2 is 1.84 bits per heavy atom. The highest BCUT2D eigenvalue weighted by Crippen LogP contribution is 2.59. The molecule has 3 aromatic rings. The number of halogens is 4. The van der Waals surface area contributed by atoms with E-state index in [4.69, 9.17) is 27.9 Å². The van der Waals surface area contributed by atoms with E-state index >= 15 is 4.39 Å². The first kappa shape index (κ1) is 29.7. The lowest BCUT2D eigenvalue weighted by molar-refractivity contribution is -0.131. The third-order valence-corrected chi connectivity index (χ3v) is 9.70. The zero-order valence-corrected chi connectivity index (χ0v) is 26.2. The number of hydrogen-bond acceptors (Lipinski definition) is 4. The Balaban J connectivity index is 1.51. The molecule has 3 aromatic carbocycles. The number of benzene rings is 3. The number of urea groups is 1. The molecule has 3 aliphatic heterocycles. The van der Waals surface area contributed by atoms with E-state index in [9.17, 15) is 14.4 Å². The van der Waals surface area contributed by atoms with Gasteiger partial charge in [0, 0.05) is 61.1 Å². The molecule has 4 amide bonds. The number of nitrogens with one attached hydrogen (secondary N) is 3. The van der Waals surface area contributed by atoms with Crippen molar-refractivity contribution in [2.75, 3.05) is 25.5 Å². The lowest BCUT2D eigenvalue weighted by atomic mass is 9.59. The molecule has 3 atom stereocenters. The highest BCUT2D eigenvalue weighted by molar-refractivity contribution is 9.10. The van der Waals surface area contributed by atoms with Crippen molar-refractivity contribution < 1.29 is 23.5 Å². The van der Waals surface area contributed by atoms with Gasteiger partial charge in [-0.2, -0.15) is 0 Å². The van der Waals surface area contributed by atoms with Crippen molar-refractivity contribution >= 4 is 62.7 Å². The highest BCUT2D eigenvalue weighted by Gasteiger charge is 2.62. The molecular weight excluding hydrogens is 662 g/mol. The Kier molecular flexibility index (Phi) is 8.04. The van der Waals surface area contributed by atoms with Gasteiger partial charge in [0.1, 0.15) is 23.1 Å². The van der Waals surface area contributed by atoms with E-state index in [-0.39, 0.29) is 40.2 Å². The molecule has 8 nitrogen and oxygen atoms in total. The molecule has 2 saturated heterocycles. The maximum atomic E-state index is 16.4. The molecule has 0 aliphatic carbocycles. The lowest BCUT2D eigenvalue weighted by Crippen LogP contribution is -2.57. The second-order valence-corrected chi connectivity index (χ2v) is 12.7. The Morgan fingerprint density at radius 1 is 1.09 bits per heavy atom. The van der Waals surface area contributed by atoms with Gasteiger partial charge >= 0.3 is 6.03 Å². The third-order valence-electron chi connectivity index (χ3n) is 8.62. The first-order valence-corrected chi connectivity index (χ1v) is 15.5. The summed E-state index contributed by atoms with van der Waals surface area (Å²) >= 11 is 16.0. The van der Waals surface area contributed by atoms with Gasteiger partial charge in [0.05, 0.1) is 16.1 Å². The normalized spacial score (nSPS) is 23.5. The molecule has 6 rings (SSSR count). The van der Waals surface area contributed by atoms with Crippen LogP contribution in [0.25, 0.3) is 0 Å². The van der Waals surface area contributed by atoms with E-state index in [0.717, 1.165) is 0 Å². The van der Waals surface area contributed by atoms with Crippen LogP contribution in [0.15, 0.2) is 59.1 Å². The zero-order valence-electron chi connectivity index (χ0n) is 23.1. The standard InChI is InChI=1S/C31H28BrCl2FN4O4/c1-36-30(42)39-11-9-19(10-12-39)43-24-8-7-22(32)27(35)26(24)28-31(20-6-5-18(34)14-23(20)37-29(31)41)21(15-25(40)38-28)16-3-2-4-17(33)13-16/h2-8,13-14,19,21,28H,9-12,15H2,1H3,(H,36,42)(H,37,41)(H,38,40)/t21-,28+,31-/m0/s1. The largest absolute Gasteiger partial charge is 0.490 e. The summed E-state index contributed by atoms with van der Waals surface area (Å²) in [5.41, 5.74) is 0.331. The molecule has 0 bridgehead atoms. The molecule has 0 saturated carbocycles. The average molecular weight is 690 g/mol. The molecule has 0 aromatic heterocycles. The highest BCUT2D eigenvalue weighted by atomic mass is 79.9. The predicted octanol–water partition coefficient (Wildman–Crippen LogP) is 6.31. The van der Waals surface area contributed by atoms with Crippen LogP contribution in [0.3, 0.4) is 0 Å². The van der Waals surface area contributed by atoms with Crippen molar-refractivity contribution in [3.8, 4) is 5.75 Å². The quantitative estimate of drug-likeness (QED) is 0.299. The fourth-order valence-electron chi connectivity index (χ4n) is 6.68. The number of amides is 4. The van der Waals surface area contributed by atoms with Crippen molar-refractivity contribution in [3.05, 3.63) is 91.6 Å². The maximum Gasteiger partial charge on any atom is 0.317 e. The van der Waals surface area contributed by atoms with Crippen LogP contribution in [0.5, 0.6) is 5.75 Å². The molecule has 224 valence electrons. The fraction of sp³-hybridized carbons (Fsp3) is 0.323. The van der Waals surface area contributed by atoms with Crippen LogP contribution in [0, 0.1) is 5.82 Å². The number of nitrogens with zero attached hydrogens (tertiary/aromatic N) is 1. The van der Waals surface area contributed by atoms with E-state index in [1.54, 1.807) is 60.5 Å². The minimum atomic E-state index is -1.47. The first-order valence-electron chi connectivity index (χ1n) is 13.9. The number of carbonyl (C=O) groups is 3. The van der Waals surface area contributed by atoms with Crippen molar-refractivity contribution in [1.82, 2.24) is 15.5 Å². The third kappa shape index (κ3) is 5.13. The van der Waals surface area contributed by atoms with Gasteiger partial charge in [-0.3, -0.25) is 9.59 Å². The topological polar surface area (TPSA) is 99.8 Å². The summed E-state index contributed by atoms with van der Waals surface area (Å²) in [6, 6.07) is 14.0. The predicted molar refractivity (Wildman–Crippen MR) is 165 cm³/mol. The van der Waals surface area contributed by atoms with E-state index < -0.39 is 29.1 Å². The Hall–Kier alpha value is -3.34. The van der Waals surface area contributed by atoms with Gasteiger partial charge in [-0.05, 0) is 63.5 Å². The summed E-state index contributed by atoms with van der Waals surface area (Å²) in [5, 5.41) is 9.43. The summed E-state index contributed by atoms with van der Waals surface area (Å²) in [6.07, 6.45) is 0.706. The summed E-state index contributed by atoms with van der Waals surface area (Å²) < 4.78 is 23.0. The van der Waals surface area contributed by atoms with E-state index in [1.165, 1.54) is 0 Å². The SMILES string of the molecule is CNC(=O)N1CCC(Oc2ccc(Br)c(F)c2[C@H]2NC(=O)C[C@@H](c3cccc(Cl)c3)[C@]23C(=O)Nc2cc(Cl)ccc23)CC1. The van der Waals surface area contributed by atoms with Crippen LogP contribution >= 0.6 is 39.1 Å². The molecule has 3 aliphatic rings. The van der Waals surface area contributed by atoms with Crippen molar-refractivity contribution in [3.63, 3.8) is 0 Å². The monoisotopic (exact) mass is 688 g/mol. The molecule has 3 heterocycles. The van der Waals surface area contributed by atoms with Gasteiger partial charge < -0.3 is 25.6 Å². The van der Waals surface area contributed by atoms with Crippen LogP contribution in [-0.2, 0) is 15.0 Å². The summed E-state index contributed by atoms with van der Waals surface area (Å²) in [4.78, 5) is 41.6. The molecule has 1 spiro atoms. The number of hydrogen-bond donors (Lipinski definition) is 3. The van der Waals surface area contributed by atoms with Crippen LogP contribution in [0.2, 0.25) is 10.0 Å². The molecular formula is C31H28BrCl2FN4O4. The van der Waals surface area contributed by atoms with Crippen molar-refractivity contribution in [1.29, 1.82) is 0 Å². The van der Waals surface area contributed by atoms with Gasteiger partial charge in [-0.15, -0.1) is 0 Å². The van der Waals surface area contributed by atoms with Crippen LogP contribution in [-0.4, -0.2) is 49.0 Å². The molecule has 0 radical (unpaired) electrons. The number of ether oxygens (including phenoxy) is 1. The molecule has 12 heteroatoms. The Bertz CT molecular complexity index is 1630. The van der Waals surface area contributed by atoms with Crippen molar-refractivity contribution in [2.24, 2.45) is 0 Å².